The number of ether oxygens (including phenoxy) is 1. The number of aromatic hydroxyl groups is 1. The number of benzene rings is 1. The Hall–Kier alpha value is -1.18. The molecule has 12 heavy (non-hydrogen) atoms. The van der Waals surface area contributed by atoms with Gasteiger partial charge in [0.15, 0.2) is 0 Å². The summed E-state index contributed by atoms with van der Waals surface area (Å²) in [5.74, 6) is 1.76. The molecule has 0 heterocycles. The van der Waals surface area contributed by atoms with Gasteiger partial charge in [0, 0.05) is 6.07 Å². The van der Waals surface area contributed by atoms with Crippen LogP contribution in [0.5, 0.6) is 11.5 Å². The number of methoxy groups -OCH3 is 1. The number of hydrogen-bond acceptors (Lipinski definition) is 2. The highest BCUT2D eigenvalue weighted by Gasteiger charge is 2.26. The first-order valence-electron chi connectivity index (χ1n) is 4.18. The summed E-state index contributed by atoms with van der Waals surface area (Å²) < 4.78 is 5.17. The number of phenolic OH excluding ortho intramolecular Hbond substituents is 1. The van der Waals surface area contributed by atoms with Crippen LogP contribution >= 0.6 is 0 Å². The molecule has 1 aliphatic carbocycles. The summed E-state index contributed by atoms with van der Waals surface area (Å²) in [6.45, 7) is 0. The van der Waals surface area contributed by atoms with Crippen LogP contribution in [0.2, 0.25) is 0 Å². The Bertz CT molecular complexity index is 290. The van der Waals surface area contributed by atoms with Crippen molar-refractivity contribution >= 4 is 0 Å². The lowest BCUT2D eigenvalue weighted by Gasteiger charge is -2.06. The zero-order valence-corrected chi connectivity index (χ0v) is 7.08. The van der Waals surface area contributed by atoms with Gasteiger partial charge in [-0.1, -0.05) is 6.07 Å². The molecule has 64 valence electrons. The zero-order valence-electron chi connectivity index (χ0n) is 7.08. The maximum absolute atomic E-state index is 9.19. The van der Waals surface area contributed by atoms with E-state index >= 15 is 0 Å². The maximum Gasteiger partial charge on any atom is 0.126 e. The quantitative estimate of drug-likeness (QED) is 0.726. The fourth-order valence-corrected chi connectivity index (χ4v) is 1.43. The molecule has 0 aliphatic heterocycles. The van der Waals surface area contributed by atoms with E-state index in [1.807, 2.05) is 6.07 Å². The van der Waals surface area contributed by atoms with Crippen molar-refractivity contribution in [1.29, 1.82) is 0 Å². The van der Waals surface area contributed by atoms with Crippen molar-refractivity contribution in [3.8, 4) is 11.5 Å². The molecule has 2 nitrogen and oxygen atoms in total. The molecule has 1 fully saturated rings. The second-order valence-electron chi connectivity index (χ2n) is 3.20. The molecule has 0 saturated heterocycles. The van der Waals surface area contributed by atoms with E-state index in [-0.39, 0.29) is 5.75 Å². The topological polar surface area (TPSA) is 29.5 Å². The van der Waals surface area contributed by atoms with Gasteiger partial charge in [-0.25, -0.2) is 0 Å². The van der Waals surface area contributed by atoms with Gasteiger partial charge in [-0.05, 0) is 30.4 Å². The Balaban J connectivity index is 2.38. The molecule has 1 aromatic carbocycles. The fraction of sp³-hybridized carbons (Fsp3) is 0.400. The predicted molar refractivity (Wildman–Crippen MR) is 46.6 cm³/mol. The smallest absolute Gasteiger partial charge is 0.126 e. The molecular formula is C10H12O2. The number of rotatable bonds is 2. The van der Waals surface area contributed by atoms with Crippen LogP contribution in [0.15, 0.2) is 18.2 Å². The van der Waals surface area contributed by atoms with Crippen molar-refractivity contribution in [2.24, 2.45) is 0 Å². The molecule has 0 atom stereocenters. The SMILES string of the molecule is COc1cc(O)ccc1C1CC1. The second-order valence-corrected chi connectivity index (χ2v) is 3.20. The van der Waals surface area contributed by atoms with Crippen LogP contribution in [0.3, 0.4) is 0 Å². The molecule has 0 spiro atoms. The van der Waals surface area contributed by atoms with Crippen LogP contribution in [0.25, 0.3) is 0 Å². The third kappa shape index (κ3) is 1.24. The Morgan fingerprint density at radius 2 is 2.17 bits per heavy atom. The van der Waals surface area contributed by atoms with Crippen LogP contribution in [0.1, 0.15) is 24.3 Å². The molecule has 0 unspecified atom stereocenters. The van der Waals surface area contributed by atoms with Gasteiger partial charge in [0.1, 0.15) is 11.5 Å². The zero-order chi connectivity index (χ0) is 8.55. The van der Waals surface area contributed by atoms with E-state index in [1.54, 1.807) is 19.2 Å². The lowest BCUT2D eigenvalue weighted by atomic mass is 10.1. The van der Waals surface area contributed by atoms with Crippen LogP contribution in [0, 0.1) is 0 Å². The largest absolute Gasteiger partial charge is 0.508 e. The van der Waals surface area contributed by atoms with Gasteiger partial charge in [-0.2, -0.15) is 0 Å². The normalized spacial score (nSPS) is 16.1. The number of hydrogen-bond donors (Lipinski definition) is 1. The molecule has 2 heteroatoms. The molecule has 1 saturated carbocycles. The van der Waals surface area contributed by atoms with Crippen molar-refractivity contribution in [3.05, 3.63) is 23.8 Å². The van der Waals surface area contributed by atoms with E-state index in [0.717, 1.165) is 5.75 Å². The maximum atomic E-state index is 9.19. The molecule has 0 amide bonds. The standard InChI is InChI=1S/C10H12O2/c1-12-10-6-8(11)4-5-9(10)7-2-3-7/h4-7,11H,2-3H2,1H3. The van der Waals surface area contributed by atoms with E-state index in [0.29, 0.717) is 5.92 Å². The van der Waals surface area contributed by atoms with Crippen LogP contribution < -0.4 is 4.74 Å². The summed E-state index contributed by atoms with van der Waals surface area (Å²) >= 11 is 0. The fourth-order valence-electron chi connectivity index (χ4n) is 1.43. The highest BCUT2D eigenvalue weighted by atomic mass is 16.5. The Labute approximate surface area is 71.8 Å². The first-order chi connectivity index (χ1) is 5.81. The summed E-state index contributed by atoms with van der Waals surface area (Å²) in [5, 5.41) is 9.19. The van der Waals surface area contributed by atoms with Crippen LogP contribution in [0.4, 0.5) is 0 Å². The Morgan fingerprint density at radius 1 is 1.42 bits per heavy atom. The second kappa shape index (κ2) is 2.70. The van der Waals surface area contributed by atoms with Crippen molar-refractivity contribution < 1.29 is 9.84 Å². The highest BCUT2D eigenvalue weighted by molar-refractivity contribution is 5.43. The third-order valence-electron chi connectivity index (χ3n) is 2.23. The monoisotopic (exact) mass is 164 g/mol. The summed E-state index contributed by atoms with van der Waals surface area (Å²) in [6.07, 6.45) is 2.50. The first-order valence-corrected chi connectivity index (χ1v) is 4.18. The molecule has 0 aromatic heterocycles. The van der Waals surface area contributed by atoms with E-state index in [4.69, 9.17) is 4.74 Å². The van der Waals surface area contributed by atoms with Crippen molar-refractivity contribution in [1.82, 2.24) is 0 Å². The van der Waals surface area contributed by atoms with Gasteiger partial charge in [0.25, 0.3) is 0 Å². The Kier molecular flexibility index (Phi) is 1.68. The minimum atomic E-state index is 0.274. The van der Waals surface area contributed by atoms with Gasteiger partial charge in [-0.3, -0.25) is 0 Å². The lowest BCUT2D eigenvalue weighted by Crippen LogP contribution is -1.88. The molecule has 0 radical (unpaired) electrons. The molecule has 0 bridgehead atoms. The van der Waals surface area contributed by atoms with Crippen molar-refractivity contribution in [3.63, 3.8) is 0 Å². The van der Waals surface area contributed by atoms with E-state index in [2.05, 4.69) is 0 Å². The summed E-state index contributed by atoms with van der Waals surface area (Å²) in [6, 6.07) is 5.34. The van der Waals surface area contributed by atoms with Crippen molar-refractivity contribution in [2.75, 3.05) is 7.11 Å². The van der Waals surface area contributed by atoms with Crippen LogP contribution in [-0.2, 0) is 0 Å². The average molecular weight is 164 g/mol. The molecule has 1 N–H and O–H groups in total. The minimum Gasteiger partial charge on any atom is -0.508 e. The lowest BCUT2D eigenvalue weighted by molar-refractivity contribution is 0.403. The highest BCUT2D eigenvalue weighted by Crippen LogP contribution is 2.44. The molecule has 2 rings (SSSR count). The van der Waals surface area contributed by atoms with E-state index in [9.17, 15) is 5.11 Å². The van der Waals surface area contributed by atoms with Gasteiger partial charge in [-0.15, -0.1) is 0 Å². The molecule has 1 aliphatic rings. The van der Waals surface area contributed by atoms with Gasteiger partial charge in [0.2, 0.25) is 0 Å². The van der Waals surface area contributed by atoms with Gasteiger partial charge < -0.3 is 9.84 Å². The number of phenols is 1. The minimum absolute atomic E-state index is 0.274. The van der Waals surface area contributed by atoms with Gasteiger partial charge in [0.05, 0.1) is 7.11 Å². The first kappa shape index (κ1) is 7.47. The average Bonchev–Trinajstić information content (AvgIpc) is 2.87. The summed E-state index contributed by atoms with van der Waals surface area (Å²) in [5.41, 5.74) is 1.23. The van der Waals surface area contributed by atoms with Crippen LogP contribution in [-0.4, -0.2) is 12.2 Å². The Morgan fingerprint density at radius 3 is 2.75 bits per heavy atom. The summed E-state index contributed by atoms with van der Waals surface area (Å²) in [7, 11) is 1.64. The van der Waals surface area contributed by atoms with Gasteiger partial charge >= 0.3 is 0 Å². The summed E-state index contributed by atoms with van der Waals surface area (Å²) in [4.78, 5) is 0. The van der Waals surface area contributed by atoms with Crippen molar-refractivity contribution in [2.45, 2.75) is 18.8 Å². The molecular weight excluding hydrogens is 152 g/mol. The van der Waals surface area contributed by atoms with E-state index in [1.165, 1.54) is 18.4 Å². The molecule has 1 aromatic rings. The predicted octanol–water partition coefficient (Wildman–Crippen LogP) is 2.28. The van der Waals surface area contributed by atoms with E-state index < -0.39 is 0 Å². The third-order valence-corrected chi connectivity index (χ3v) is 2.23.